The number of hydrogen-bond acceptors (Lipinski definition) is 4. The van der Waals surface area contributed by atoms with E-state index in [1.54, 1.807) is 6.92 Å². The third-order valence-electron chi connectivity index (χ3n) is 1.88. The van der Waals surface area contributed by atoms with Gasteiger partial charge < -0.3 is 15.0 Å². The maximum atomic E-state index is 11.1. The van der Waals surface area contributed by atoms with Crippen LogP contribution in [0.5, 0.6) is 0 Å². The standard InChI is InChI=1S/C9H14N2O3/c1-7(2)9(12)14-6-3-8-10-4-5-11(8)13/h11H,1,3-6H2,2H3. The van der Waals surface area contributed by atoms with Gasteiger partial charge in [0, 0.05) is 5.57 Å². The molecule has 0 saturated heterocycles. The summed E-state index contributed by atoms with van der Waals surface area (Å²) in [5.74, 6) is 0.121. The molecule has 0 aromatic heterocycles. The van der Waals surface area contributed by atoms with Gasteiger partial charge in [0.1, 0.15) is 13.2 Å². The van der Waals surface area contributed by atoms with E-state index in [0.29, 0.717) is 30.9 Å². The average Bonchev–Trinajstić information content (AvgIpc) is 2.51. The summed E-state index contributed by atoms with van der Waals surface area (Å²) in [4.78, 5) is 15.0. The number of hydrogen-bond donors (Lipinski definition) is 1. The number of rotatable bonds is 4. The number of nitrogens with one attached hydrogen (secondary N) is 1. The van der Waals surface area contributed by atoms with Crippen molar-refractivity contribution in [3.63, 3.8) is 0 Å². The monoisotopic (exact) mass is 198 g/mol. The molecule has 1 atom stereocenters. The van der Waals surface area contributed by atoms with E-state index in [4.69, 9.17) is 4.74 Å². The molecule has 5 nitrogen and oxygen atoms in total. The number of nitrogens with zero attached hydrogens (tertiary/aromatic N) is 1. The zero-order chi connectivity index (χ0) is 10.6. The first-order valence-corrected chi connectivity index (χ1v) is 4.50. The van der Waals surface area contributed by atoms with Crippen LogP contribution >= 0.6 is 0 Å². The van der Waals surface area contributed by atoms with Gasteiger partial charge in [-0.1, -0.05) is 6.58 Å². The van der Waals surface area contributed by atoms with Crippen LogP contribution in [0.2, 0.25) is 0 Å². The summed E-state index contributed by atoms with van der Waals surface area (Å²) in [7, 11) is 0. The first-order chi connectivity index (χ1) is 6.61. The Labute approximate surface area is 82.6 Å². The minimum absolute atomic E-state index is 0.0661. The smallest absolute Gasteiger partial charge is 0.333 e. The summed E-state index contributed by atoms with van der Waals surface area (Å²) in [6.07, 6.45) is 0.415. The zero-order valence-corrected chi connectivity index (χ0v) is 8.21. The molecule has 0 aliphatic carbocycles. The van der Waals surface area contributed by atoms with Gasteiger partial charge in [-0.05, 0) is 6.92 Å². The van der Waals surface area contributed by atoms with Crippen LogP contribution < -0.4 is 5.06 Å². The summed E-state index contributed by atoms with van der Waals surface area (Å²) < 4.78 is 4.84. The van der Waals surface area contributed by atoms with Gasteiger partial charge in [0.15, 0.2) is 5.84 Å². The molecule has 0 saturated carbocycles. The number of aliphatic imine (C=N–C) groups is 1. The predicted molar refractivity (Wildman–Crippen MR) is 51.9 cm³/mol. The number of amidine groups is 1. The molecule has 78 valence electrons. The van der Waals surface area contributed by atoms with Crippen LogP contribution in [0, 0.1) is 5.21 Å². The molecule has 0 fully saturated rings. The van der Waals surface area contributed by atoms with Crippen molar-refractivity contribution in [3.8, 4) is 0 Å². The number of hydroxylamine groups is 2. The van der Waals surface area contributed by atoms with Crippen molar-refractivity contribution >= 4 is 11.8 Å². The van der Waals surface area contributed by atoms with Gasteiger partial charge in [0.05, 0.1) is 13.0 Å². The predicted octanol–water partition coefficient (Wildman–Crippen LogP) is -0.709. The molecule has 1 aliphatic rings. The van der Waals surface area contributed by atoms with Crippen molar-refractivity contribution in [2.24, 2.45) is 4.99 Å². The van der Waals surface area contributed by atoms with E-state index in [-0.39, 0.29) is 11.7 Å². The topological polar surface area (TPSA) is 66.2 Å². The SMILES string of the molecule is C=C(C)C(=O)OCCC1=NCC[NH+]1[O-]. The Hall–Kier alpha value is -1.20. The average molecular weight is 198 g/mol. The van der Waals surface area contributed by atoms with Gasteiger partial charge in [-0.3, -0.25) is 0 Å². The van der Waals surface area contributed by atoms with E-state index in [1.807, 2.05) is 0 Å². The lowest BCUT2D eigenvalue weighted by atomic mass is 10.3. The van der Waals surface area contributed by atoms with Crippen molar-refractivity contribution in [2.45, 2.75) is 13.3 Å². The van der Waals surface area contributed by atoms with Crippen LogP contribution in [0.1, 0.15) is 13.3 Å². The fourth-order valence-electron chi connectivity index (χ4n) is 1.11. The van der Waals surface area contributed by atoms with Crippen molar-refractivity contribution in [1.29, 1.82) is 0 Å². The van der Waals surface area contributed by atoms with E-state index in [9.17, 15) is 10.0 Å². The largest absolute Gasteiger partial charge is 0.628 e. The van der Waals surface area contributed by atoms with E-state index in [0.717, 1.165) is 0 Å². The van der Waals surface area contributed by atoms with Crippen molar-refractivity contribution < 1.29 is 14.6 Å². The van der Waals surface area contributed by atoms with Crippen molar-refractivity contribution in [1.82, 2.24) is 0 Å². The fourth-order valence-corrected chi connectivity index (χ4v) is 1.11. The minimum Gasteiger partial charge on any atom is -0.628 e. The normalized spacial score (nSPS) is 20.4. The first kappa shape index (κ1) is 10.9. The van der Waals surface area contributed by atoms with Crippen LogP contribution in [0.4, 0.5) is 0 Å². The van der Waals surface area contributed by atoms with E-state index < -0.39 is 5.97 Å². The van der Waals surface area contributed by atoms with Crippen LogP contribution in [-0.4, -0.2) is 31.5 Å². The highest BCUT2D eigenvalue weighted by molar-refractivity contribution is 5.87. The summed E-state index contributed by atoms with van der Waals surface area (Å²) in [5, 5.41) is 11.2. The van der Waals surface area contributed by atoms with Gasteiger partial charge in [-0.2, -0.15) is 0 Å². The Morgan fingerprint density at radius 3 is 3.00 bits per heavy atom. The number of ether oxygens (including phenoxy) is 1. The lowest BCUT2D eigenvalue weighted by Crippen LogP contribution is -3.08. The number of esters is 1. The maximum absolute atomic E-state index is 11.1. The van der Waals surface area contributed by atoms with E-state index in [1.165, 1.54) is 0 Å². The molecule has 0 aromatic rings. The zero-order valence-electron chi connectivity index (χ0n) is 8.21. The first-order valence-electron chi connectivity index (χ1n) is 4.50. The van der Waals surface area contributed by atoms with E-state index in [2.05, 4.69) is 11.6 Å². The maximum Gasteiger partial charge on any atom is 0.333 e. The Morgan fingerprint density at radius 2 is 2.50 bits per heavy atom. The molecule has 14 heavy (non-hydrogen) atoms. The molecule has 0 radical (unpaired) electrons. The van der Waals surface area contributed by atoms with Gasteiger partial charge in [-0.25, -0.2) is 9.79 Å². The molecule has 0 amide bonds. The van der Waals surface area contributed by atoms with Crippen molar-refractivity contribution in [2.75, 3.05) is 19.7 Å². The highest BCUT2D eigenvalue weighted by atomic mass is 16.5. The molecule has 5 heteroatoms. The highest BCUT2D eigenvalue weighted by Crippen LogP contribution is 1.94. The number of carbonyl (C=O) groups excluding carboxylic acids is 1. The molecule has 1 unspecified atom stereocenters. The molecular formula is C9H14N2O3. The Bertz CT molecular complexity index is 273. The Kier molecular flexibility index (Phi) is 3.79. The minimum atomic E-state index is -0.420. The van der Waals surface area contributed by atoms with Gasteiger partial charge >= 0.3 is 5.97 Å². The van der Waals surface area contributed by atoms with E-state index >= 15 is 0 Å². The third-order valence-corrected chi connectivity index (χ3v) is 1.88. The second-order valence-electron chi connectivity index (χ2n) is 3.17. The van der Waals surface area contributed by atoms with Crippen LogP contribution in [0.25, 0.3) is 0 Å². The second kappa shape index (κ2) is 4.88. The number of quaternary nitrogens is 1. The third kappa shape index (κ3) is 2.93. The van der Waals surface area contributed by atoms with Crippen LogP contribution in [0.15, 0.2) is 17.1 Å². The van der Waals surface area contributed by atoms with Gasteiger partial charge in [0.25, 0.3) is 0 Å². The molecular weight excluding hydrogens is 184 g/mol. The molecule has 1 rings (SSSR count). The summed E-state index contributed by atoms with van der Waals surface area (Å²) in [6.45, 7) is 6.30. The van der Waals surface area contributed by atoms with Gasteiger partial charge in [-0.15, -0.1) is 0 Å². The Balaban J connectivity index is 2.22. The lowest BCUT2D eigenvalue weighted by molar-refractivity contribution is -0.740. The summed E-state index contributed by atoms with van der Waals surface area (Å²) in [6, 6.07) is 0. The second-order valence-corrected chi connectivity index (χ2v) is 3.17. The number of carbonyl (C=O) groups is 1. The highest BCUT2D eigenvalue weighted by Gasteiger charge is 2.15. The molecule has 0 spiro atoms. The van der Waals surface area contributed by atoms with Gasteiger partial charge in [0.2, 0.25) is 0 Å². The Morgan fingerprint density at radius 1 is 1.79 bits per heavy atom. The van der Waals surface area contributed by atoms with Crippen LogP contribution in [0.3, 0.4) is 0 Å². The summed E-state index contributed by atoms with van der Waals surface area (Å²) in [5.41, 5.74) is 0.365. The quantitative estimate of drug-likeness (QED) is 0.368. The van der Waals surface area contributed by atoms with Crippen molar-refractivity contribution in [3.05, 3.63) is 17.4 Å². The molecule has 1 aliphatic heterocycles. The molecule has 1 N–H and O–H groups in total. The van der Waals surface area contributed by atoms with Crippen LogP contribution in [-0.2, 0) is 9.53 Å². The molecule has 0 bridgehead atoms. The fraction of sp³-hybridized carbons (Fsp3) is 0.556. The summed E-state index contributed by atoms with van der Waals surface area (Å²) >= 11 is 0. The molecule has 1 heterocycles. The lowest BCUT2D eigenvalue weighted by Gasteiger charge is -2.16. The molecule has 0 aromatic carbocycles.